The third kappa shape index (κ3) is 3.72. The van der Waals surface area contributed by atoms with Gasteiger partial charge in [-0.3, -0.25) is 9.78 Å². The summed E-state index contributed by atoms with van der Waals surface area (Å²) in [6, 6.07) is 14.7. The van der Waals surface area contributed by atoms with E-state index in [1.165, 1.54) is 7.11 Å². The largest absolute Gasteiger partial charge is 0.465 e. The van der Waals surface area contributed by atoms with Crippen LogP contribution in [0, 0.1) is 13.8 Å². The highest BCUT2D eigenvalue weighted by molar-refractivity contribution is 6.06. The minimum Gasteiger partial charge on any atom is -0.465 e. The fourth-order valence-corrected chi connectivity index (χ4v) is 2.81. The van der Waals surface area contributed by atoms with E-state index >= 15 is 0 Å². The van der Waals surface area contributed by atoms with Crippen molar-refractivity contribution >= 4 is 22.8 Å². The van der Waals surface area contributed by atoms with Crippen molar-refractivity contribution in [2.75, 3.05) is 7.11 Å². The van der Waals surface area contributed by atoms with Gasteiger partial charge in [-0.2, -0.15) is 0 Å². The summed E-state index contributed by atoms with van der Waals surface area (Å²) < 4.78 is 4.68. The number of nitrogens with one attached hydrogen (secondary N) is 1. The molecule has 3 rings (SSSR count). The Morgan fingerprint density at radius 1 is 1.04 bits per heavy atom. The molecule has 5 heteroatoms. The normalized spacial score (nSPS) is 10.6. The summed E-state index contributed by atoms with van der Waals surface area (Å²) in [5.74, 6) is -0.530. The molecule has 1 amide bonds. The standard InChI is InChI=1S/C21H20N2O3/c1-13-4-9-19-17(10-13)18(11-14(2)23-19)20(24)22-12-15-5-7-16(8-6-15)21(25)26-3/h4-11H,12H2,1-3H3,(H,22,24). The van der Waals surface area contributed by atoms with E-state index in [0.717, 1.165) is 27.7 Å². The number of esters is 1. The molecule has 2 aromatic carbocycles. The molecule has 0 fully saturated rings. The van der Waals surface area contributed by atoms with Crippen LogP contribution in [0.15, 0.2) is 48.5 Å². The Labute approximate surface area is 152 Å². The average molecular weight is 348 g/mol. The van der Waals surface area contributed by atoms with Gasteiger partial charge in [0.1, 0.15) is 0 Å². The summed E-state index contributed by atoms with van der Waals surface area (Å²) >= 11 is 0. The molecule has 0 aliphatic heterocycles. The van der Waals surface area contributed by atoms with Crippen molar-refractivity contribution in [3.8, 4) is 0 Å². The van der Waals surface area contributed by atoms with Gasteiger partial charge in [-0.25, -0.2) is 4.79 Å². The van der Waals surface area contributed by atoms with E-state index in [1.807, 2.05) is 32.0 Å². The Hall–Kier alpha value is -3.21. The first kappa shape index (κ1) is 17.6. The summed E-state index contributed by atoms with van der Waals surface area (Å²) in [4.78, 5) is 28.7. The third-order valence-corrected chi connectivity index (χ3v) is 4.16. The van der Waals surface area contributed by atoms with Gasteiger partial charge in [0.2, 0.25) is 0 Å². The number of aromatic nitrogens is 1. The average Bonchev–Trinajstić information content (AvgIpc) is 2.65. The maximum Gasteiger partial charge on any atom is 0.337 e. The van der Waals surface area contributed by atoms with Crippen LogP contribution in [0.2, 0.25) is 0 Å². The SMILES string of the molecule is COC(=O)c1ccc(CNC(=O)c2cc(C)nc3ccc(C)cc23)cc1. The van der Waals surface area contributed by atoms with Crippen molar-refractivity contribution in [2.45, 2.75) is 20.4 Å². The Bertz CT molecular complexity index is 978. The smallest absolute Gasteiger partial charge is 0.337 e. The topological polar surface area (TPSA) is 68.3 Å². The second-order valence-electron chi connectivity index (χ2n) is 6.20. The predicted octanol–water partition coefficient (Wildman–Crippen LogP) is 3.57. The molecule has 0 radical (unpaired) electrons. The van der Waals surface area contributed by atoms with Crippen LogP contribution in [0.5, 0.6) is 0 Å². The van der Waals surface area contributed by atoms with Gasteiger partial charge in [0.15, 0.2) is 0 Å². The zero-order chi connectivity index (χ0) is 18.7. The second-order valence-corrected chi connectivity index (χ2v) is 6.20. The highest BCUT2D eigenvalue weighted by atomic mass is 16.5. The third-order valence-electron chi connectivity index (χ3n) is 4.16. The molecule has 0 aliphatic rings. The van der Waals surface area contributed by atoms with Gasteiger partial charge >= 0.3 is 5.97 Å². The van der Waals surface area contributed by atoms with Gasteiger partial charge in [0.25, 0.3) is 5.91 Å². The fraction of sp³-hybridized carbons (Fsp3) is 0.190. The molecule has 132 valence electrons. The number of hydrogen-bond acceptors (Lipinski definition) is 4. The lowest BCUT2D eigenvalue weighted by molar-refractivity contribution is 0.0600. The molecule has 1 aromatic heterocycles. The Morgan fingerprint density at radius 2 is 1.77 bits per heavy atom. The van der Waals surface area contributed by atoms with Gasteiger partial charge in [-0.1, -0.05) is 23.8 Å². The maximum atomic E-state index is 12.7. The molecule has 5 nitrogen and oxygen atoms in total. The van der Waals surface area contributed by atoms with Crippen molar-refractivity contribution in [1.82, 2.24) is 10.3 Å². The van der Waals surface area contributed by atoms with Gasteiger partial charge in [0.05, 0.1) is 23.8 Å². The van der Waals surface area contributed by atoms with Crippen LogP contribution < -0.4 is 5.32 Å². The van der Waals surface area contributed by atoms with Crippen LogP contribution in [0.3, 0.4) is 0 Å². The van der Waals surface area contributed by atoms with Crippen LogP contribution in [-0.4, -0.2) is 24.0 Å². The number of methoxy groups -OCH3 is 1. The fourth-order valence-electron chi connectivity index (χ4n) is 2.81. The number of amides is 1. The highest BCUT2D eigenvalue weighted by Gasteiger charge is 2.12. The zero-order valence-corrected chi connectivity index (χ0v) is 15.0. The lowest BCUT2D eigenvalue weighted by atomic mass is 10.0. The molecule has 1 heterocycles. The van der Waals surface area contributed by atoms with Crippen molar-refractivity contribution in [2.24, 2.45) is 0 Å². The van der Waals surface area contributed by atoms with Gasteiger partial charge in [0, 0.05) is 17.6 Å². The Balaban J connectivity index is 1.79. The molecule has 1 N–H and O–H groups in total. The maximum absolute atomic E-state index is 12.7. The lowest BCUT2D eigenvalue weighted by Crippen LogP contribution is -2.23. The molecule has 0 atom stereocenters. The molecular weight excluding hydrogens is 328 g/mol. The molecule has 3 aromatic rings. The number of fused-ring (bicyclic) bond motifs is 1. The number of benzene rings is 2. The lowest BCUT2D eigenvalue weighted by Gasteiger charge is -2.10. The van der Waals surface area contributed by atoms with E-state index < -0.39 is 0 Å². The summed E-state index contributed by atoms with van der Waals surface area (Å²) in [6.45, 7) is 4.24. The molecular formula is C21H20N2O3. The number of carbonyl (C=O) groups is 2. The van der Waals surface area contributed by atoms with E-state index in [9.17, 15) is 9.59 Å². The first-order valence-electron chi connectivity index (χ1n) is 8.31. The molecule has 0 saturated carbocycles. The predicted molar refractivity (Wildman–Crippen MR) is 100 cm³/mol. The number of nitrogens with zero attached hydrogens (tertiary/aromatic N) is 1. The number of hydrogen-bond donors (Lipinski definition) is 1. The first-order chi connectivity index (χ1) is 12.5. The summed E-state index contributed by atoms with van der Waals surface area (Å²) in [5, 5.41) is 3.78. The Kier molecular flexibility index (Phi) is 4.98. The van der Waals surface area contributed by atoms with Crippen LogP contribution in [0.25, 0.3) is 10.9 Å². The van der Waals surface area contributed by atoms with Crippen LogP contribution in [-0.2, 0) is 11.3 Å². The minimum absolute atomic E-state index is 0.150. The van der Waals surface area contributed by atoms with Crippen molar-refractivity contribution < 1.29 is 14.3 Å². The van der Waals surface area contributed by atoms with Gasteiger partial charge in [-0.15, -0.1) is 0 Å². The van der Waals surface area contributed by atoms with E-state index in [4.69, 9.17) is 0 Å². The zero-order valence-electron chi connectivity index (χ0n) is 15.0. The van der Waals surface area contributed by atoms with E-state index in [2.05, 4.69) is 15.0 Å². The molecule has 0 saturated heterocycles. The monoisotopic (exact) mass is 348 g/mol. The molecule has 0 bridgehead atoms. The summed E-state index contributed by atoms with van der Waals surface area (Å²) in [5.41, 5.74) is 4.68. The number of carbonyl (C=O) groups excluding carboxylic acids is 2. The molecule has 26 heavy (non-hydrogen) atoms. The molecule has 0 aliphatic carbocycles. The van der Waals surface area contributed by atoms with E-state index in [1.54, 1.807) is 30.3 Å². The minimum atomic E-state index is -0.380. The number of pyridine rings is 1. The summed E-state index contributed by atoms with van der Waals surface area (Å²) in [6.07, 6.45) is 0. The van der Waals surface area contributed by atoms with E-state index in [0.29, 0.717) is 17.7 Å². The van der Waals surface area contributed by atoms with Crippen LogP contribution >= 0.6 is 0 Å². The second kappa shape index (κ2) is 7.35. The van der Waals surface area contributed by atoms with Crippen molar-refractivity contribution in [3.05, 3.63) is 76.5 Å². The summed E-state index contributed by atoms with van der Waals surface area (Å²) in [7, 11) is 1.35. The number of ether oxygens (including phenoxy) is 1. The van der Waals surface area contributed by atoms with Gasteiger partial charge in [-0.05, 0) is 49.7 Å². The molecule has 0 spiro atoms. The van der Waals surface area contributed by atoms with Crippen molar-refractivity contribution in [1.29, 1.82) is 0 Å². The van der Waals surface area contributed by atoms with Crippen LogP contribution in [0.1, 0.15) is 37.5 Å². The quantitative estimate of drug-likeness (QED) is 0.732. The Morgan fingerprint density at radius 3 is 2.46 bits per heavy atom. The van der Waals surface area contributed by atoms with E-state index in [-0.39, 0.29) is 11.9 Å². The van der Waals surface area contributed by atoms with Gasteiger partial charge < -0.3 is 10.1 Å². The van der Waals surface area contributed by atoms with Crippen molar-refractivity contribution in [3.63, 3.8) is 0 Å². The molecule has 0 unspecified atom stereocenters. The highest BCUT2D eigenvalue weighted by Crippen LogP contribution is 2.20. The first-order valence-corrected chi connectivity index (χ1v) is 8.31. The van der Waals surface area contributed by atoms with Crippen LogP contribution in [0.4, 0.5) is 0 Å². The number of rotatable bonds is 4. The number of aryl methyl sites for hydroxylation is 2.